The van der Waals surface area contributed by atoms with Crippen LogP contribution in [0.5, 0.6) is 5.75 Å². The van der Waals surface area contributed by atoms with E-state index >= 15 is 0 Å². The average molecular weight is 231 g/mol. The largest absolute Gasteiger partial charge is 0.491 e. The standard InChI is InChI=1S/C14H17NO2/c1-10-4-3-5-12(8-10)16-9-13(15)14-7-6-11(2)17-14/h3-8,13H,9,15H2,1-2H3. The van der Waals surface area contributed by atoms with Gasteiger partial charge in [-0.25, -0.2) is 0 Å². The van der Waals surface area contributed by atoms with Crippen molar-refractivity contribution < 1.29 is 9.15 Å². The third-order valence-corrected chi connectivity index (χ3v) is 2.55. The Morgan fingerprint density at radius 3 is 2.71 bits per heavy atom. The number of ether oxygens (including phenoxy) is 1. The van der Waals surface area contributed by atoms with Gasteiger partial charge in [0.1, 0.15) is 23.9 Å². The van der Waals surface area contributed by atoms with E-state index in [-0.39, 0.29) is 6.04 Å². The summed E-state index contributed by atoms with van der Waals surface area (Å²) in [6.07, 6.45) is 0. The summed E-state index contributed by atoms with van der Waals surface area (Å²) in [5.41, 5.74) is 7.15. The van der Waals surface area contributed by atoms with Crippen LogP contribution in [0.4, 0.5) is 0 Å². The topological polar surface area (TPSA) is 48.4 Å². The summed E-state index contributed by atoms with van der Waals surface area (Å²) in [7, 11) is 0. The molecule has 0 bridgehead atoms. The summed E-state index contributed by atoms with van der Waals surface area (Å²) in [5.74, 6) is 2.46. The molecule has 0 radical (unpaired) electrons. The van der Waals surface area contributed by atoms with Crippen molar-refractivity contribution in [3.63, 3.8) is 0 Å². The third-order valence-electron chi connectivity index (χ3n) is 2.55. The highest BCUT2D eigenvalue weighted by Crippen LogP contribution is 2.17. The van der Waals surface area contributed by atoms with E-state index in [1.165, 1.54) is 5.56 Å². The summed E-state index contributed by atoms with van der Waals surface area (Å²) in [5, 5.41) is 0. The first-order valence-electron chi connectivity index (χ1n) is 5.66. The van der Waals surface area contributed by atoms with Crippen LogP contribution in [0.1, 0.15) is 23.1 Å². The zero-order valence-corrected chi connectivity index (χ0v) is 10.1. The highest BCUT2D eigenvalue weighted by molar-refractivity contribution is 5.27. The SMILES string of the molecule is Cc1cccc(OCC(N)c2ccc(C)o2)c1. The van der Waals surface area contributed by atoms with Crippen molar-refractivity contribution >= 4 is 0 Å². The molecule has 0 saturated heterocycles. The molecular weight excluding hydrogens is 214 g/mol. The molecule has 0 fully saturated rings. The molecule has 3 heteroatoms. The Morgan fingerprint density at radius 2 is 2.06 bits per heavy atom. The van der Waals surface area contributed by atoms with Gasteiger partial charge in [-0.15, -0.1) is 0 Å². The van der Waals surface area contributed by atoms with Gasteiger partial charge in [0.05, 0.1) is 6.04 Å². The minimum atomic E-state index is -0.232. The van der Waals surface area contributed by atoms with Gasteiger partial charge in [0.25, 0.3) is 0 Å². The van der Waals surface area contributed by atoms with Crippen molar-refractivity contribution in [1.82, 2.24) is 0 Å². The maximum absolute atomic E-state index is 5.98. The van der Waals surface area contributed by atoms with Gasteiger partial charge in [-0.2, -0.15) is 0 Å². The number of nitrogens with two attached hydrogens (primary N) is 1. The monoisotopic (exact) mass is 231 g/mol. The number of hydrogen-bond donors (Lipinski definition) is 1. The van der Waals surface area contributed by atoms with E-state index in [9.17, 15) is 0 Å². The summed E-state index contributed by atoms with van der Waals surface area (Å²) in [4.78, 5) is 0. The molecule has 3 nitrogen and oxygen atoms in total. The van der Waals surface area contributed by atoms with Gasteiger partial charge in [-0.1, -0.05) is 12.1 Å². The van der Waals surface area contributed by atoms with Crippen LogP contribution in [0.3, 0.4) is 0 Å². The molecule has 1 heterocycles. The predicted molar refractivity (Wildman–Crippen MR) is 67.0 cm³/mol. The number of aryl methyl sites for hydroxylation is 2. The van der Waals surface area contributed by atoms with Crippen LogP contribution in [0.2, 0.25) is 0 Å². The molecule has 0 spiro atoms. The van der Waals surface area contributed by atoms with Gasteiger partial charge in [0.2, 0.25) is 0 Å². The normalized spacial score (nSPS) is 12.4. The van der Waals surface area contributed by atoms with Gasteiger partial charge in [-0.3, -0.25) is 0 Å². The molecule has 17 heavy (non-hydrogen) atoms. The van der Waals surface area contributed by atoms with Crippen LogP contribution in [-0.2, 0) is 0 Å². The highest BCUT2D eigenvalue weighted by Gasteiger charge is 2.10. The van der Waals surface area contributed by atoms with Gasteiger partial charge >= 0.3 is 0 Å². The quantitative estimate of drug-likeness (QED) is 0.880. The maximum Gasteiger partial charge on any atom is 0.124 e. The average Bonchev–Trinajstić information content (AvgIpc) is 2.73. The molecule has 1 aromatic carbocycles. The molecule has 2 rings (SSSR count). The fourth-order valence-corrected chi connectivity index (χ4v) is 1.63. The van der Waals surface area contributed by atoms with Gasteiger partial charge in [0.15, 0.2) is 0 Å². The van der Waals surface area contributed by atoms with E-state index in [0.717, 1.165) is 17.3 Å². The lowest BCUT2D eigenvalue weighted by Crippen LogP contribution is -2.18. The predicted octanol–water partition coefficient (Wildman–Crippen LogP) is 2.98. The van der Waals surface area contributed by atoms with E-state index in [0.29, 0.717) is 6.61 Å². The third kappa shape index (κ3) is 3.11. The number of rotatable bonds is 4. The molecule has 1 atom stereocenters. The Kier molecular flexibility index (Phi) is 3.49. The van der Waals surface area contributed by atoms with Gasteiger partial charge < -0.3 is 14.9 Å². The number of benzene rings is 1. The van der Waals surface area contributed by atoms with Crippen LogP contribution in [0, 0.1) is 13.8 Å². The molecule has 1 aromatic heterocycles. The summed E-state index contributed by atoms with van der Waals surface area (Å²) < 4.78 is 11.1. The second-order valence-corrected chi connectivity index (χ2v) is 4.18. The summed E-state index contributed by atoms with van der Waals surface area (Å²) in [6, 6.07) is 11.5. The second-order valence-electron chi connectivity index (χ2n) is 4.18. The first-order valence-corrected chi connectivity index (χ1v) is 5.66. The van der Waals surface area contributed by atoms with Crippen LogP contribution < -0.4 is 10.5 Å². The molecule has 90 valence electrons. The first kappa shape index (κ1) is 11.7. The Hall–Kier alpha value is -1.74. The van der Waals surface area contributed by atoms with E-state index in [2.05, 4.69) is 0 Å². The van der Waals surface area contributed by atoms with E-state index in [1.807, 2.05) is 50.2 Å². The van der Waals surface area contributed by atoms with E-state index < -0.39 is 0 Å². The first-order chi connectivity index (χ1) is 8.15. The van der Waals surface area contributed by atoms with Crippen molar-refractivity contribution in [2.24, 2.45) is 5.73 Å². The molecule has 2 N–H and O–H groups in total. The van der Waals surface area contributed by atoms with Gasteiger partial charge in [-0.05, 0) is 43.7 Å². The Labute approximate surface area is 101 Å². The Balaban J connectivity index is 1.94. The fraction of sp³-hybridized carbons (Fsp3) is 0.286. The van der Waals surface area contributed by atoms with Crippen molar-refractivity contribution in [3.05, 3.63) is 53.5 Å². The van der Waals surface area contributed by atoms with E-state index in [1.54, 1.807) is 0 Å². The van der Waals surface area contributed by atoms with Crippen LogP contribution in [-0.4, -0.2) is 6.61 Å². The van der Waals surface area contributed by atoms with Crippen molar-refractivity contribution in [3.8, 4) is 5.75 Å². The smallest absolute Gasteiger partial charge is 0.124 e. The molecule has 0 aliphatic carbocycles. The molecule has 0 saturated carbocycles. The van der Waals surface area contributed by atoms with E-state index in [4.69, 9.17) is 14.9 Å². The lowest BCUT2D eigenvalue weighted by molar-refractivity contribution is 0.271. The Morgan fingerprint density at radius 1 is 1.24 bits per heavy atom. The lowest BCUT2D eigenvalue weighted by Gasteiger charge is -2.11. The maximum atomic E-state index is 5.98. The number of hydrogen-bond acceptors (Lipinski definition) is 3. The van der Waals surface area contributed by atoms with Crippen LogP contribution in [0.15, 0.2) is 40.8 Å². The lowest BCUT2D eigenvalue weighted by atomic mass is 10.2. The minimum Gasteiger partial charge on any atom is -0.491 e. The molecule has 0 aliphatic heterocycles. The zero-order valence-electron chi connectivity index (χ0n) is 10.1. The Bertz CT molecular complexity index is 490. The van der Waals surface area contributed by atoms with Crippen molar-refractivity contribution in [1.29, 1.82) is 0 Å². The zero-order chi connectivity index (χ0) is 12.3. The summed E-state index contributed by atoms with van der Waals surface area (Å²) in [6.45, 7) is 4.34. The molecule has 0 aliphatic rings. The molecule has 2 aromatic rings. The van der Waals surface area contributed by atoms with Crippen molar-refractivity contribution in [2.45, 2.75) is 19.9 Å². The van der Waals surface area contributed by atoms with Crippen LogP contribution >= 0.6 is 0 Å². The van der Waals surface area contributed by atoms with Crippen molar-refractivity contribution in [2.75, 3.05) is 6.61 Å². The minimum absolute atomic E-state index is 0.232. The second kappa shape index (κ2) is 5.06. The molecular formula is C14H17NO2. The highest BCUT2D eigenvalue weighted by atomic mass is 16.5. The fourth-order valence-electron chi connectivity index (χ4n) is 1.63. The summed E-state index contributed by atoms with van der Waals surface area (Å²) >= 11 is 0. The van der Waals surface area contributed by atoms with Crippen LogP contribution in [0.25, 0.3) is 0 Å². The molecule has 0 amide bonds. The van der Waals surface area contributed by atoms with Gasteiger partial charge in [0, 0.05) is 0 Å². The molecule has 1 unspecified atom stereocenters. The number of furan rings is 1.